The van der Waals surface area contributed by atoms with Crippen molar-refractivity contribution in [3.8, 4) is 5.75 Å². The lowest BCUT2D eigenvalue weighted by molar-refractivity contribution is 0.0949. The van der Waals surface area contributed by atoms with E-state index in [2.05, 4.69) is 41.1 Å². The zero-order valence-corrected chi connectivity index (χ0v) is 21.5. The average Bonchev–Trinajstić information content (AvgIpc) is 3.43. The molecule has 39 heavy (non-hydrogen) atoms. The Morgan fingerprint density at radius 3 is 2.82 bits per heavy atom. The van der Waals surface area contributed by atoms with Crippen LogP contribution in [0.2, 0.25) is 5.02 Å². The zero-order valence-electron chi connectivity index (χ0n) is 20.7. The molecule has 0 aliphatic carbocycles. The van der Waals surface area contributed by atoms with Crippen molar-refractivity contribution in [2.24, 2.45) is 5.10 Å². The molecule has 0 aliphatic rings. The first-order valence-electron chi connectivity index (χ1n) is 12.1. The van der Waals surface area contributed by atoms with Crippen LogP contribution in [-0.4, -0.2) is 48.6 Å². The van der Waals surface area contributed by atoms with Crippen LogP contribution >= 0.6 is 11.6 Å². The maximum Gasteiger partial charge on any atom is 0.291 e. The van der Waals surface area contributed by atoms with Gasteiger partial charge in [0.05, 0.1) is 24.1 Å². The van der Waals surface area contributed by atoms with Gasteiger partial charge in [0.15, 0.2) is 0 Å². The fourth-order valence-electron chi connectivity index (χ4n) is 3.70. The van der Waals surface area contributed by atoms with Gasteiger partial charge in [-0.1, -0.05) is 16.8 Å². The molecule has 0 radical (unpaired) electrons. The molecule has 0 spiro atoms. The van der Waals surface area contributed by atoms with Crippen molar-refractivity contribution in [2.75, 3.05) is 11.9 Å². The van der Waals surface area contributed by atoms with Gasteiger partial charge < -0.3 is 10.1 Å². The summed E-state index contributed by atoms with van der Waals surface area (Å²) < 4.78 is 7.63. The summed E-state index contributed by atoms with van der Waals surface area (Å²) in [6.45, 7) is 1.79. The number of amides is 1. The van der Waals surface area contributed by atoms with Crippen molar-refractivity contribution in [1.82, 2.24) is 35.4 Å². The quantitative estimate of drug-likeness (QED) is 0.145. The van der Waals surface area contributed by atoms with Crippen LogP contribution in [0, 0.1) is 0 Å². The van der Waals surface area contributed by atoms with Gasteiger partial charge in [0.25, 0.3) is 5.91 Å². The number of nitrogens with one attached hydrogen (secondary N) is 2. The predicted octanol–water partition coefficient (Wildman–Crippen LogP) is 4.11. The lowest BCUT2D eigenvalue weighted by atomic mass is 10.2. The van der Waals surface area contributed by atoms with E-state index >= 15 is 0 Å². The van der Waals surface area contributed by atoms with E-state index in [4.69, 9.17) is 16.3 Å². The van der Waals surface area contributed by atoms with Gasteiger partial charge in [-0.25, -0.2) is 10.4 Å². The summed E-state index contributed by atoms with van der Waals surface area (Å²) >= 11 is 6.07. The van der Waals surface area contributed by atoms with Crippen molar-refractivity contribution >= 4 is 40.3 Å². The van der Waals surface area contributed by atoms with Gasteiger partial charge in [-0.15, -0.1) is 5.10 Å². The number of pyridine rings is 1. The van der Waals surface area contributed by atoms with Crippen molar-refractivity contribution < 1.29 is 9.53 Å². The van der Waals surface area contributed by atoms with Crippen molar-refractivity contribution in [2.45, 2.75) is 19.6 Å². The fourth-order valence-corrected chi connectivity index (χ4v) is 3.87. The lowest BCUT2D eigenvalue weighted by Crippen LogP contribution is -2.19. The summed E-state index contributed by atoms with van der Waals surface area (Å²) in [5.74, 6) is 0.247. The number of anilines is 1. The Labute approximate surface area is 228 Å². The van der Waals surface area contributed by atoms with E-state index in [-0.39, 0.29) is 5.69 Å². The number of nitrogens with zero attached hydrogens (tertiary/aromatic N) is 7. The van der Waals surface area contributed by atoms with Gasteiger partial charge in [0.1, 0.15) is 23.7 Å². The van der Waals surface area contributed by atoms with E-state index in [1.54, 1.807) is 10.9 Å². The Bertz CT molecular complexity index is 1570. The minimum absolute atomic E-state index is 0.191. The second kappa shape index (κ2) is 12.6. The van der Waals surface area contributed by atoms with E-state index in [1.807, 2.05) is 54.7 Å². The van der Waals surface area contributed by atoms with Crippen molar-refractivity contribution in [3.05, 3.63) is 101 Å². The predicted molar refractivity (Wildman–Crippen MR) is 148 cm³/mol. The van der Waals surface area contributed by atoms with Crippen LogP contribution in [0.4, 0.5) is 5.69 Å². The summed E-state index contributed by atoms with van der Waals surface area (Å²) in [4.78, 5) is 24.1. The van der Waals surface area contributed by atoms with Crippen LogP contribution in [0.15, 0.2) is 84.6 Å². The third-order valence-corrected chi connectivity index (χ3v) is 5.85. The molecular weight excluding hydrogens is 518 g/mol. The Balaban J connectivity index is 1.04. The standard InChI is InChI=1S/C27H24ClN9O2/c28-20-4-7-23-24(8-10-31-25(23)14-20)30-9-1-13-37-17-21(34-36-37)18-39-22-5-2-19(3-6-22)15-33-35-27(38)26-16-29-11-12-32-26/h2-8,10-12,14-17H,1,9,13,18H2,(H,30,31)(H,35,38)/b33-15+. The number of ether oxygens (including phenoxy) is 1. The number of fused-ring (bicyclic) bond motifs is 1. The second-order valence-corrected chi connectivity index (χ2v) is 8.86. The molecule has 0 saturated carbocycles. The summed E-state index contributed by atoms with van der Waals surface area (Å²) in [6.07, 6.45) is 10.4. The number of rotatable bonds is 11. The van der Waals surface area contributed by atoms with E-state index in [9.17, 15) is 4.79 Å². The maximum atomic E-state index is 11.9. The number of hydrogen-bond acceptors (Lipinski definition) is 9. The van der Waals surface area contributed by atoms with Gasteiger partial charge in [-0.3, -0.25) is 19.4 Å². The molecule has 12 heteroatoms. The SMILES string of the molecule is O=C(N/N=C/c1ccc(OCc2cn(CCCNc3ccnc4cc(Cl)ccc34)nn2)cc1)c1cnccn1. The van der Waals surface area contributed by atoms with Crippen LogP contribution in [0.5, 0.6) is 5.75 Å². The Kier molecular flexibility index (Phi) is 8.29. The number of carbonyl (C=O) groups is 1. The molecule has 11 nitrogen and oxygen atoms in total. The molecule has 0 atom stereocenters. The highest BCUT2D eigenvalue weighted by atomic mass is 35.5. The van der Waals surface area contributed by atoms with Gasteiger partial charge in [0.2, 0.25) is 0 Å². The monoisotopic (exact) mass is 541 g/mol. The van der Waals surface area contributed by atoms with E-state index < -0.39 is 5.91 Å². The first kappa shape index (κ1) is 25.7. The molecule has 3 aromatic heterocycles. The molecule has 0 unspecified atom stereocenters. The Morgan fingerprint density at radius 2 is 1.97 bits per heavy atom. The van der Waals surface area contributed by atoms with Gasteiger partial charge in [-0.05, 0) is 60.5 Å². The van der Waals surface area contributed by atoms with E-state index in [1.165, 1.54) is 24.8 Å². The average molecular weight is 542 g/mol. The molecular formula is C27H24ClN9O2. The molecule has 2 N–H and O–H groups in total. The number of aryl methyl sites for hydroxylation is 1. The largest absolute Gasteiger partial charge is 0.487 e. The number of hydrazone groups is 1. The fraction of sp³-hybridized carbons (Fsp3) is 0.148. The Morgan fingerprint density at radius 1 is 1.08 bits per heavy atom. The first-order valence-corrected chi connectivity index (χ1v) is 12.5. The summed E-state index contributed by atoms with van der Waals surface area (Å²) in [6, 6.07) is 15.0. The van der Waals surface area contributed by atoms with E-state index in [0.717, 1.165) is 47.4 Å². The number of aromatic nitrogens is 6. The summed E-state index contributed by atoms with van der Waals surface area (Å²) in [5, 5.41) is 17.5. The molecule has 0 aliphatic heterocycles. The normalized spacial score (nSPS) is 11.1. The number of benzene rings is 2. The van der Waals surface area contributed by atoms with Crippen LogP contribution in [-0.2, 0) is 13.2 Å². The third-order valence-electron chi connectivity index (χ3n) is 5.61. The second-order valence-electron chi connectivity index (χ2n) is 8.42. The number of carbonyl (C=O) groups excluding carboxylic acids is 1. The lowest BCUT2D eigenvalue weighted by Gasteiger charge is -2.09. The van der Waals surface area contributed by atoms with Gasteiger partial charge in [0, 0.05) is 47.8 Å². The van der Waals surface area contributed by atoms with E-state index in [0.29, 0.717) is 17.4 Å². The number of halogens is 1. The molecule has 1 amide bonds. The molecule has 5 rings (SSSR count). The highest BCUT2D eigenvalue weighted by molar-refractivity contribution is 6.31. The van der Waals surface area contributed by atoms with Crippen molar-refractivity contribution in [1.29, 1.82) is 0 Å². The van der Waals surface area contributed by atoms with Gasteiger partial charge in [-0.2, -0.15) is 5.10 Å². The number of hydrogen-bond donors (Lipinski definition) is 2. The smallest absolute Gasteiger partial charge is 0.291 e. The van der Waals surface area contributed by atoms with Crippen molar-refractivity contribution in [3.63, 3.8) is 0 Å². The highest BCUT2D eigenvalue weighted by Crippen LogP contribution is 2.24. The molecule has 2 aromatic carbocycles. The first-order chi connectivity index (χ1) is 19.1. The molecule has 5 aromatic rings. The molecule has 3 heterocycles. The Hall–Kier alpha value is -4.90. The third kappa shape index (κ3) is 7.11. The zero-order chi connectivity index (χ0) is 26.9. The topological polar surface area (TPSA) is 132 Å². The maximum absolute atomic E-state index is 11.9. The van der Waals surface area contributed by atoms with Crippen LogP contribution in [0.1, 0.15) is 28.2 Å². The molecule has 0 bridgehead atoms. The summed E-state index contributed by atoms with van der Waals surface area (Å²) in [7, 11) is 0. The van der Waals surface area contributed by atoms with Crippen LogP contribution in [0.3, 0.4) is 0 Å². The van der Waals surface area contributed by atoms with Crippen LogP contribution in [0.25, 0.3) is 10.9 Å². The summed E-state index contributed by atoms with van der Waals surface area (Å²) in [5.41, 5.74) is 6.02. The minimum Gasteiger partial charge on any atom is -0.487 e. The minimum atomic E-state index is -0.434. The molecule has 196 valence electrons. The molecule has 0 saturated heterocycles. The van der Waals surface area contributed by atoms with Gasteiger partial charge >= 0.3 is 0 Å². The van der Waals surface area contributed by atoms with Crippen LogP contribution < -0.4 is 15.5 Å². The highest BCUT2D eigenvalue weighted by Gasteiger charge is 2.06. The molecule has 0 fully saturated rings.